The number of para-hydroxylation sites is 1. The fraction of sp³-hybridized carbons (Fsp3) is 0.308. The number of carbonyl (C=O) groups excluding carboxylic acids is 1. The van der Waals surface area contributed by atoms with Gasteiger partial charge in [-0.2, -0.15) is 4.98 Å². The third kappa shape index (κ3) is 3.96. The third-order valence-corrected chi connectivity index (χ3v) is 6.66. The summed E-state index contributed by atoms with van der Waals surface area (Å²) in [6.07, 6.45) is 8.08. The van der Waals surface area contributed by atoms with Crippen molar-refractivity contribution in [2.24, 2.45) is 0 Å². The Bertz CT molecular complexity index is 1460. The summed E-state index contributed by atoms with van der Waals surface area (Å²) < 4.78 is 7.56. The van der Waals surface area contributed by atoms with Gasteiger partial charge in [0.2, 0.25) is 17.6 Å². The van der Waals surface area contributed by atoms with E-state index in [1.165, 1.54) is 10.9 Å². The summed E-state index contributed by atoms with van der Waals surface area (Å²) in [6, 6.07) is 14.2. The van der Waals surface area contributed by atoms with Crippen LogP contribution in [0.25, 0.3) is 33.3 Å². The second-order valence-corrected chi connectivity index (χ2v) is 8.85. The second-order valence-electron chi connectivity index (χ2n) is 8.85. The van der Waals surface area contributed by atoms with Crippen molar-refractivity contribution in [1.82, 2.24) is 29.6 Å². The van der Waals surface area contributed by atoms with Crippen molar-refractivity contribution in [3.05, 3.63) is 66.4 Å². The number of amides is 1. The molecular formula is C26H26N6O2. The van der Waals surface area contributed by atoms with Crippen LogP contribution in [0.1, 0.15) is 30.7 Å². The molecule has 4 heterocycles. The molecular weight excluding hydrogens is 428 g/mol. The minimum Gasteiger partial charge on any atom is -0.361 e. The standard InChI is InChI=1S/C26H26N6O2/c33-25(31-12-3-4-13-31)11-14-32-17-28-22-15-18(7-9-23(22)32)26-29-24(34-30-26)10-8-19-16-27-21-6-2-1-5-20(19)21/h1-2,5-7,9,15-17,27H,3-4,8,10-14H2. The third-order valence-electron chi connectivity index (χ3n) is 6.66. The van der Waals surface area contributed by atoms with Crippen molar-refractivity contribution < 1.29 is 9.32 Å². The molecule has 3 aromatic heterocycles. The predicted molar refractivity (Wildman–Crippen MR) is 129 cm³/mol. The van der Waals surface area contributed by atoms with E-state index >= 15 is 0 Å². The highest BCUT2D eigenvalue weighted by Crippen LogP contribution is 2.24. The van der Waals surface area contributed by atoms with E-state index in [1.807, 2.05) is 46.0 Å². The van der Waals surface area contributed by atoms with Gasteiger partial charge in [-0.05, 0) is 49.1 Å². The Kier molecular flexibility index (Phi) is 5.33. The van der Waals surface area contributed by atoms with Gasteiger partial charge < -0.3 is 19.0 Å². The number of aromatic nitrogens is 5. The zero-order valence-corrected chi connectivity index (χ0v) is 18.9. The first-order valence-corrected chi connectivity index (χ1v) is 11.9. The molecule has 2 aromatic carbocycles. The lowest BCUT2D eigenvalue weighted by Crippen LogP contribution is -2.28. The average Bonchev–Trinajstić information content (AvgIpc) is 3.67. The number of H-pyrrole nitrogens is 1. The van der Waals surface area contributed by atoms with Crippen LogP contribution >= 0.6 is 0 Å². The molecule has 0 bridgehead atoms. The Morgan fingerprint density at radius 2 is 1.97 bits per heavy atom. The topological polar surface area (TPSA) is 92.8 Å². The van der Waals surface area contributed by atoms with Crippen LogP contribution in [-0.2, 0) is 24.2 Å². The Hall–Kier alpha value is -3.94. The van der Waals surface area contributed by atoms with Gasteiger partial charge in [-0.25, -0.2) is 4.98 Å². The smallest absolute Gasteiger partial charge is 0.227 e. The summed E-state index contributed by atoms with van der Waals surface area (Å²) in [6.45, 7) is 2.41. The number of nitrogens with zero attached hydrogens (tertiary/aromatic N) is 5. The lowest BCUT2D eigenvalue weighted by molar-refractivity contribution is -0.130. The average molecular weight is 455 g/mol. The first-order valence-electron chi connectivity index (χ1n) is 11.9. The van der Waals surface area contributed by atoms with Crippen molar-refractivity contribution in [3.63, 3.8) is 0 Å². The molecule has 1 fully saturated rings. The number of benzene rings is 2. The van der Waals surface area contributed by atoms with Gasteiger partial charge in [-0.1, -0.05) is 23.4 Å². The number of likely N-dealkylation sites (tertiary alicyclic amines) is 1. The first-order chi connectivity index (χ1) is 16.7. The molecule has 8 heteroatoms. The van der Waals surface area contributed by atoms with Gasteiger partial charge in [-0.15, -0.1) is 0 Å². The summed E-state index contributed by atoms with van der Waals surface area (Å²) in [5, 5.41) is 5.41. The molecule has 1 amide bonds. The maximum absolute atomic E-state index is 12.4. The minimum absolute atomic E-state index is 0.225. The zero-order valence-electron chi connectivity index (χ0n) is 18.9. The van der Waals surface area contributed by atoms with Gasteiger partial charge in [0.05, 0.1) is 17.4 Å². The highest BCUT2D eigenvalue weighted by Gasteiger charge is 2.18. The molecule has 0 unspecified atom stereocenters. The Morgan fingerprint density at radius 1 is 1.09 bits per heavy atom. The van der Waals surface area contributed by atoms with E-state index in [0.29, 0.717) is 31.1 Å². The summed E-state index contributed by atoms with van der Waals surface area (Å²) in [5.41, 5.74) is 5.10. The van der Waals surface area contributed by atoms with E-state index in [0.717, 1.165) is 54.5 Å². The van der Waals surface area contributed by atoms with Crippen LogP contribution in [0.5, 0.6) is 0 Å². The van der Waals surface area contributed by atoms with Gasteiger partial charge >= 0.3 is 0 Å². The van der Waals surface area contributed by atoms with Gasteiger partial charge in [0.15, 0.2) is 0 Å². The molecule has 8 nitrogen and oxygen atoms in total. The molecule has 0 spiro atoms. The number of aryl methyl sites for hydroxylation is 3. The van der Waals surface area contributed by atoms with Gasteiger partial charge in [0.25, 0.3) is 0 Å². The fourth-order valence-corrected chi connectivity index (χ4v) is 4.78. The van der Waals surface area contributed by atoms with Crippen LogP contribution in [0.3, 0.4) is 0 Å². The lowest BCUT2D eigenvalue weighted by Gasteiger charge is -2.15. The number of nitrogens with one attached hydrogen (secondary N) is 1. The van der Waals surface area contributed by atoms with Crippen molar-refractivity contribution in [1.29, 1.82) is 0 Å². The van der Waals surface area contributed by atoms with E-state index in [1.54, 1.807) is 6.33 Å². The normalized spacial score (nSPS) is 13.9. The van der Waals surface area contributed by atoms with E-state index in [-0.39, 0.29) is 5.91 Å². The van der Waals surface area contributed by atoms with E-state index in [2.05, 4.69) is 32.2 Å². The lowest BCUT2D eigenvalue weighted by atomic mass is 10.1. The summed E-state index contributed by atoms with van der Waals surface area (Å²) in [5.74, 6) is 1.41. The van der Waals surface area contributed by atoms with Crippen molar-refractivity contribution >= 4 is 27.8 Å². The fourth-order valence-electron chi connectivity index (χ4n) is 4.78. The molecule has 0 saturated carbocycles. The highest BCUT2D eigenvalue weighted by molar-refractivity contribution is 5.83. The predicted octanol–water partition coefficient (Wildman–Crippen LogP) is 4.37. The molecule has 34 heavy (non-hydrogen) atoms. The molecule has 0 radical (unpaired) electrons. The number of imidazole rings is 1. The quantitative estimate of drug-likeness (QED) is 0.394. The number of fused-ring (bicyclic) bond motifs is 2. The summed E-state index contributed by atoms with van der Waals surface area (Å²) in [4.78, 5) is 26.8. The van der Waals surface area contributed by atoms with E-state index in [4.69, 9.17) is 4.52 Å². The number of rotatable bonds is 7. The maximum atomic E-state index is 12.4. The number of carbonyl (C=O) groups is 1. The molecule has 1 aliphatic heterocycles. The van der Waals surface area contributed by atoms with Crippen LogP contribution in [0.2, 0.25) is 0 Å². The highest BCUT2D eigenvalue weighted by atomic mass is 16.5. The minimum atomic E-state index is 0.225. The molecule has 6 rings (SSSR count). The molecule has 1 N–H and O–H groups in total. The van der Waals surface area contributed by atoms with Gasteiger partial charge in [0, 0.05) is 55.1 Å². The van der Waals surface area contributed by atoms with E-state index in [9.17, 15) is 4.79 Å². The van der Waals surface area contributed by atoms with Gasteiger partial charge in [-0.3, -0.25) is 4.79 Å². The Balaban J connectivity index is 1.13. The first kappa shape index (κ1) is 20.7. The SMILES string of the molecule is O=C(CCn1cnc2cc(-c3noc(CCc4c[nH]c5ccccc45)n3)ccc21)N1CCCC1. The van der Waals surface area contributed by atoms with Crippen LogP contribution in [0.15, 0.2) is 59.5 Å². The van der Waals surface area contributed by atoms with Crippen LogP contribution in [0, 0.1) is 0 Å². The van der Waals surface area contributed by atoms with Crippen molar-refractivity contribution in [3.8, 4) is 11.4 Å². The number of aromatic amines is 1. The van der Waals surface area contributed by atoms with Crippen LogP contribution in [0.4, 0.5) is 0 Å². The monoisotopic (exact) mass is 454 g/mol. The van der Waals surface area contributed by atoms with E-state index < -0.39 is 0 Å². The zero-order chi connectivity index (χ0) is 22.9. The second kappa shape index (κ2) is 8.78. The molecule has 172 valence electrons. The summed E-state index contributed by atoms with van der Waals surface area (Å²) >= 11 is 0. The maximum Gasteiger partial charge on any atom is 0.227 e. The van der Waals surface area contributed by atoms with Crippen molar-refractivity contribution in [2.75, 3.05) is 13.1 Å². The molecule has 1 aliphatic rings. The van der Waals surface area contributed by atoms with Crippen LogP contribution in [-0.4, -0.2) is 48.6 Å². The molecule has 5 aromatic rings. The molecule has 0 aliphatic carbocycles. The Labute approximate surface area is 196 Å². The molecule has 0 atom stereocenters. The van der Waals surface area contributed by atoms with Gasteiger partial charge in [0.1, 0.15) is 0 Å². The van der Waals surface area contributed by atoms with Crippen LogP contribution < -0.4 is 0 Å². The molecule has 1 saturated heterocycles. The van der Waals surface area contributed by atoms with Crippen molar-refractivity contribution in [2.45, 2.75) is 38.6 Å². The largest absolute Gasteiger partial charge is 0.361 e. The number of hydrogen-bond acceptors (Lipinski definition) is 5. The number of hydrogen-bond donors (Lipinski definition) is 1. The summed E-state index contributed by atoms with van der Waals surface area (Å²) in [7, 11) is 0. The Morgan fingerprint density at radius 3 is 2.88 bits per heavy atom.